The van der Waals surface area contributed by atoms with Gasteiger partial charge < -0.3 is 0 Å². The zero-order chi connectivity index (χ0) is 10.6. The summed E-state index contributed by atoms with van der Waals surface area (Å²) in [6.45, 7) is 9.46. The van der Waals surface area contributed by atoms with Crippen molar-refractivity contribution in [1.29, 1.82) is 0 Å². The Morgan fingerprint density at radius 3 is 2.29 bits per heavy atom. The monoisotopic (exact) mass is 194 g/mol. The maximum absolute atomic E-state index is 11.5. The van der Waals surface area contributed by atoms with Crippen LogP contribution in [0.2, 0.25) is 0 Å². The number of ketones is 1. The summed E-state index contributed by atoms with van der Waals surface area (Å²) in [4.78, 5) is 11.5. The van der Waals surface area contributed by atoms with Crippen molar-refractivity contribution in [2.24, 2.45) is 22.7 Å². The standard InChI is InChI=1S/C13H22O/c1-12(2)8-13(3,4)11-7-9(14)5-6-10(11)12/h10-11H,5-8H2,1-4H3. The highest BCUT2D eigenvalue weighted by Gasteiger charge is 2.53. The fraction of sp³-hybridized carbons (Fsp3) is 0.923. The van der Waals surface area contributed by atoms with Gasteiger partial charge in [0.15, 0.2) is 0 Å². The summed E-state index contributed by atoms with van der Waals surface area (Å²) in [5.74, 6) is 1.94. The molecule has 0 aromatic rings. The van der Waals surface area contributed by atoms with E-state index in [4.69, 9.17) is 0 Å². The molecule has 2 aliphatic rings. The molecule has 0 heterocycles. The molecule has 0 N–H and O–H groups in total. The van der Waals surface area contributed by atoms with Crippen LogP contribution in [0.4, 0.5) is 0 Å². The molecular weight excluding hydrogens is 172 g/mol. The second-order valence-electron chi connectivity index (χ2n) is 6.65. The molecular formula is C13H22O. The second kappa shape index (κ2) is 2.84. The van der Waals surface area contributed by atoms with Crippen LogP contribution < -0.4 is 0 Å². The molecule has 0 amide bonds. The predicted octanol–water partition coefficient (Wildman–Crippen LogP) is 3.43. The molecule has 0 aliphatic heterocycles. The number of hydrogen-bond donors (Lipinski definition) is 0. The van der Waals surface area contributed by atoms with Crippen LogP contribution >= 0.6 is 0 Å². The lowest BCUT2D eigenvalue weighted by atomic mass is 9.69. The first-order chi connectivity index (χ1) is 6.33. The highest BCUT2D eigenvalue weighted by Crippen LogP contribution is 2.60. The molecule has 2 fully saturated rings. The summed E-state index contributed by atoms with van der Waals surface area (Å²) in [5, 5.41) is 0. The number of carbonyl (C=O) groups is 1. The van der Waals surface area contributed by atoms with Crippen molar-refractivity contribution in [2.45, 2.75) is 53.4 Å². The number of hydrogen-bond acceptors (Lipinski definition) is 1. The average molecular weight is 194 g/mol. The van der Waals surface area contributed by atoms with Crippen molar-refractivity contribution in [3.63, 3.8) is 0 Å². The van der Waals surface area contributed by atoms with Gasteiger partial charge in [0.1, 0.15) is 5.78 Å². The highest BCUT2D eigenvalue weighted by molar-refractivity contribution is 5.79. The lowest BCUT2D eigenvalue weighted by Crippen LogP contribution is -2.31. The van der Waals surface area contributed by atoms with E-state index in [9.17, 15) is 4.79 Å². The third-order valence-corrected chi connectivity index (χ3v) is 4.59. The largest absolute Gasteiger partial charge is 0.300 e. The summed E-state index contributed by atoms with van der Waals surface area (Å²) >= 11 is 0. The van der Waals surface area contributed by atoms with Gasteiger partial charge in [-0.25, -0.2) is 0 Å². The summed E-state index contributed by atoms with van der Waals surface area (Å²) < 4.78 is 0. The zero-order valence-corrected chi connectivity index (χ0v) is 9.89. The van der Waals surface area contributed by atoms with E-state index in [0.717, 1.165) is 25.2 Å². The van der Waals surface area contributed by atoms with Gasteiger partial charge in [0.05, 0.1) is 0 Å². The van der Waals surface area contributed by atoms with E-state index in [2.05, 4.69) is 27.7 Å². The van der Waals surface area contributed by atoms with Crippen molar-refractivity contribution < 1.29 is 4.79 Å². The smallest absolute Gasteiger partial charge is 0.133 e. The number of fused-ring (bicyclic) bond motifs is 1. The molecule has 2 unspecified atom stereocenters. The van der Waals surface area contributed by atoms with Crippen LogP contribution in [0.1, 0.15) is 53.4 Å². The molecule has 1 heteroatoms. The molecule has 0 spiro atoms. The molecule has 14 heavy (non-hydrogen) atoms. The minimum absolute atomic E-state index is 0.379. The van der Waals surface area contributed by atoms with Gasteiger partial charge in [0.2, 0.25) is 0 Å². The van der Waals surface area contributed by atoms with Gasteiger partial charge in [-0.05, 0) is 35.5 Å². The molecule has 1 nitrogen and oxygen atoms in total. The lowest BCUT2D eigenvalue weighted by molar-refractivity contribution is -0.124. The summed E-state index contributed by atoms with van der Waals surface area (Å²) in [5.41, 5.74) is 0.832. The Labute approximate surface area is 87.3 Å². The molecule has 0 aromatic heterocycles. The van der Waals surface area contributed by atoms with Gasteiger partial charge in [-0.3, -0.25) is 4.79 Å². The van der Waals surface area contributed by atoms with Gasteiger partial charge in [-0.15, -0.1) is 0 Å². The molecule has 2 aliphatic carbocycles. The third kappa shape index (κ3) is 1.41. The van der Waals surface area contributed by atoms with Crippen LogP contribution in [0.5, 0.6) is 0 Å². The number of rotatable bonds is 0. The van der Waals surface area contributed by atoms with Crippen LogP contribution in [0.15, 0.2) is 0 Å². The maximum atomic E-state index is 11.5. The van der Waals surface area contributed by atoms with Crippen molar-refractivity contribution >= 4 is 5.78 Å². The molecule has 0 bridgehead atoms. The third-order valence-electron chi connectivity index (χ3n) is 4.59. The first-order valence-electron chi connectivity index (χ1n) is 5.85. The molecule has 2 saturated carbocycles. The van der Waals surface area contributed by atoms with E-state index in [0.29, 0.717) is 22.5 Å². The second-order valence-corrected chi connectivity index (χ2v) is 6.65. The van der Waals surface area contributed by atoms with E-state index >= 15 is 0 Å². The molecule has 0 aromatic carbocycles. The summed E-state index contributed by atoms with van der Waals surface area (Å²) in [6, 6.07) is 0. The Morgan fingerprint density at radius 2 is 1.64 bits per heavy atom. The van der Waals surface area contributed by atoms with Crippen LogP contribution in [0, 0.1) is 22.7 Å². The van der Waals surface area contributed by atoms with Crippen molar-refractivity contribution in [3.05, 3.63) is 0 Å². The van der Waals surface area contributed by atoms with Gasteiger partial charge in [-0.2, -0.15) is 0 Å². The Balaban J connectivity index is 2.28. The highest BCUT2D eigenvalue weighted by atomic mass is 16.1. The van der Waals surface area contributed by atoms with Gasteiger partial charge in [-0.1, -0.05) is 27.7 Å². The quantitative estimate of drug-likeness (QED) is 0.577. The van der Waals surface area contributed by atoms with Crippen LogP contribution in [0.25, 0.3) is 0 Å². The first-order valence-corrected chi connectivity index (χ1v) is 5.85. The minimum atomic E-state index is 0.379. The van der Waals surface area contributed by atoms with Crippen LogP contribution in [0.3, 0.4) is 0 Å². The Bertz CT molecular complexity index is 262. The van der Waals surface area contributed by atoms with Crippen LogP contribution in [-0.4, -0.2) is 5.78 Å². The van der Waals surface area contributed by atoms with Gasteiger partial charge in [0.25, 0.3) is 0 Å². The zero-order valence-electron chi connectivity index (χ0n) is 9.89. The van der Waals surface area contributed by atoms with E-state index < -0.39 is 0 Å². The molecule has 2 rings (SSSR count). The Kier molecular flexibility index (Phi) is 2.06. The number of carbonyl (C=O) groups excluding carboxylic acids is 1. The van der Waals surface area contributed by atoms with Crippen molar-refractivity contribution in [1.82, 2.24) is 0 Å². The van der Waals surface area contributed by atoms with E-state index in [1.807, 2.05) is 0 Å². The number of Topliss-reactive ketones (excluding diaryl/α,β-unsaturated/α-hetero) is 1. The molecule has 0 radical (unpaired) electrons. The topological polar surface area (TPSA) is 17.1 Å². The minimum Gasteiger partial charge on any atom is -0.300 e. The Hall–Kier alpha value is -0.330. The van der Waals surface area contributed by atoms with Gasteiger partial charge >= 0.3 is 0 Å². The first kappa shape index (κ1) is 10.2. The normalized spacial score (nSPS) is 39.6. The molecule has 0 saturated heterocycles. The lowest BCUT2D eigenvalue weighted by Gasteiger charge is -2.35. The molecule has 80 valence electrons. The van der Waals surface area contributed by atoms with E-state index in [1.54, 1.807) is 0 Å². The van der Waals surface area contributed by atoms with Crippen molar-refractivity contribution in [2.75, 3.05) is 0 Å². The van der Waals surface area contributed by atoms with E-state index in [-0.39, 0.29) is 0 Å². The van der Waals surface area contributed by atoms with Crippen LogP contribution in [-0.2, 0) is 4.79 Å². The van der Waals surface area contributed by atoms with Crippen molar-refractivity contribution in [3.8, 4) is 0 Å². The fourth-order valence-electron chi connectivity index (χ4n) is 4.20. The summed E-state index contributed by atoms with van der Waals surface area (Å²) in [6.07, 6.45) is 4.10. The SMILES string of the molecule is CC1(C)CC(C)(C)C2CC(=O)CCC21. The maximum Gasteiger partial charge on any atom is 0.133 e. The Morgan fingerprint density at radius 1 is 1.07 bits per heavy atom. The van der Waals surface area contributed by atoms with Gasteiger partial charge in [0, 0.05) is 12.8 Å². The predicted molar refractivity (Wildman–Crippen MR) is 58.0 cm³/mol. The van der Waals surface area contributed by atoms with E-state index in [1.165, 1.54) is 6.42 Å². The summed E-state index contributed by atoms with van der Waals surface area (Å²) in [7, 11) is 0. The average Bonchev–Trinajstić information content (AvgIpc) is 2.17. The fourth-order valence-corrected chi connectivity index (χ4v) is 4.20. The molecule has 2 atom stereocenters.